The fraction of sp³-hybridized carbons (Fsp3) is 0.318. The summed E-state index contributed by atoms with van der Waals surface area (Å²) in [5.41, 5.74) is 0.930. The lowest BCUT2D eigenvalue weighted by molar-refractivity contribution is 0.143. The zero-order chi connectivity index (χ0) is 21.2. The molecule has 0 amide bonds. The molecule has 0 bridgehead atoms. The van der Waals surface area contributed by atoms with Gasteiger partial charge in [-0.3, -0.25) is 0 Å². The summed E-state index contributed by atoms with van der Waals surface area (Å²) in [6.07, 6.45) is 1.70. The molecule has 29 heavy (non-hydrogen) atoms. The molecule has 0 spiro atoms. The first-order valence-electron chi connectivity index (χ1n) is 9.21. The van der Waals surface area contributed by atoms with Gasteiger partial charge in [0, 0.05) is 34.8 Å². The first-order valence-corrected chi connectivity index (χ1v) is 10.0. The Labute approximate surface area is 173 Å². The molecular weight excluding hydrogens is 392 g/mol. The van der Waals surface area contributed by atoms with Crippen molar-refractivity contribution in [1.29, 1.82) is 0 Å². The van der Waals surface area contributed by atoms with E-state index in [-0.39, 0.29) is 11.7 Å². The predicted molar refractivity (Wildman–Crippen MR) is 111 cm³/mol. The Hall–Kier alpha value is -2.53. The SMILES string of the molecule is Cc1c(C(C)NCc2ccc(C#CC(C)(C)O)s2)cnn1-c1ccc(F)cc1F. The van der Waals surface area contributed by atoms with Crippen LogP contribution in [0.5, 0.6) is 0 Å². The van der Waals surface area contributed by atoms with Crippen molar-refractivity contribution in [3.05, 3.63) is 69.2 Å². The molecule has 2 heterocycles. The molecule has 1 atom stereocenters. The second-order valence-electron chi connectivity index (χ2n) is 7.37. The molecule has 0 saturated carbocycles. The van der Waals surface area contributed by atoms with Gasteiger partial charge in [-0.15, -0.1) is 11.3 Å². The average Bonchev–Trinajstić information content (AvgIpc) is 3.24. The third-order valence-electron chi connectivity index (χ3n) is 4.39. The van der Waals surface area contributed by atoms with Crippen molar-refractivity contribution in [2.75, 3.05) is 0 Å². The van der Waals surface area contributed by atoms with Gasteiger partial charge >= 0.3 is 0 Å². The van der Waals surface area contributed by atoms with Gasteiger partial charge in [0.1, 0.15) is 17.1 Å². The van der Waals surface area contributed by atoms with Crippen molar-refractivity contribution in [2.45, 2.75) is 45.9 Å². The van der Waals surface area contributed by atoms with Gasteiger partial charge in [-0.25, -0.2) is 13.5 Å². The fourth-order valence-corrected chi connectivity index (χ4v) is 3.67. The minimum atomic E-state index is -1.02. The number of benzene rings is 1. The summed E-state index contributed by atoms with van der Waals surface area (Å²) in [6, 6.07) is 7.38. The van der Waals surface area contributed by atoms with Crippen LogP contribution in [0.1, 0.15) is 47.8 Å². The van der Waals surface area contributed by atoms with Gasteiger partial charge in [-0.05, 0) is 52.0 Å². The van der Waals surface area contributed by atoms with Crippen LogP contribution in [0.2, 0.25) is 0 Å². The third-order valence-corrected chi connectivity index (χ3v) is 5.39. The second-order valence-corrected chi connectivity index (χ2v) is 8.54. The van der Waals surface area contributed by atoms with Gasteiger partial charge < -0.3 is 10.4 Å². The monoisotopic (exact) mass is 415 g/mol. The summed E-state index contributed by atoms with van der Waals surface area (Å²) in [7, 11) is 0. The molecule has 7 heteroatoms. The molecule has 3 rings (SSSR count). The molecular formula is C22H23F2N3OS. The van der Waals surface area contributed by atoms with E-state index in [0.29, 0.717) is 6.54 Å². The lowest BCUT2D eigenvalue weighted by atomic mass is 10.1. The Kier molecular flexibility index (Phi) is 6.18. The maximum absolute atomic E-state index is 14.1. The number of nitrogens with zero attached hydrogens (tertiary/aromatic N) is 2. The van der Waals surface area contributed by atoms with Crippen molar-refractivity contribution in [2.24, 2.45) is 0 Å². The maximum Gasteiger partial charge on any atom is 0.151 e. The summed E-state index contributed by atoms with van der Waals surface area (Å²) in [5.74, 6) is 4.52. The van der Waals surface area contributed by atoms with Crippen LogP contribution in [-0.2, 0) is 6.54 Å². The van der Waals surface area contributed by atoms with E-state index in [0.717, 1.165) is 27.1 Å². The van der Waals surface area contributed by atoms with Crippen molar-refractivity contribution in [3.63, 3.8) is 0 Å². The van der Waals surface area contributed by atoms with Crippen molar-refractivity contribution < 1.29 is 13.9 Å². The van der Waals surface area contributed by atoms with Crippen molar-refractivity contribution in [3.8, 4) is 17.5 Å². The van der Waals surface area contributed by atoms with Crippen LogP contribution in [0.25, 0.3) is 5.69 Å². The molecule has 0 radical (unpaired) electrons. The fourth-order valence-electron chi connectivity index (χ4n) is 2.86. The largest absolute Gasteiger partial charge is 0.378 e. The zero-order valence-electron chi connectivity index (χ0n) is 16.8. The zero-order valence-corrected chi connectivity index (χ0v) is 17.6. The van der Waals surface area contributed by atoms with Crippen molar-refractivity contribution >= 4 is 11.3 Å². The smallest absolute Gasteiger partial charge is 0.151 e. The highest BCUT2D eigenvalue weighted by Crippen LogP contribution is 2.23. The van der Waals surface area contributed by atoms with Gasteiger partial charge in [0.25, 0.3) is 0 Å². The Morgan fingerprint density at radius 2 is 2.03 bits per heavy atom. The minimum Gasteiger partial charge on any atom is -0.378 e. The number of thiophene rings is 1. The minimum absolute atomic E-state index is 0.0136. The number of halogens is 2. The predicted octanol–water partition coefficient (Wildman–Crippen LogP) is 4.49. The maximum atomic E-state index is 14.1. The summed E-state index contributed by atoms with van der Waals surface area (Å²) in [5, 5.41) is 17.4. The topological polar surface area (TPSA) is 50.1 Å². The first kappa shape index (κ1) is 21.2. The quantitative estimate of drug-likeness (QED) is 0.604. The highest BCUT2D eigenvalue weighted by atomic mass is 32.1. The molecule has 4 nitrogen and oxygen atoms in total. The van der Waals surface area contributed by atoms with Gasteiger partial charge in [0.2, 0.25) is 0 Å². The lowest BCUT2D eigenvalue weighted by Crippen LogP contribution is -2.18. The van der Waals surface area contributed by atoms with Crippen LogP contribution < -0.4 is 5.32 Å². The molecule has 0 aliphatic rings. The van der Waals surface area contributed by atoms with E-state index in [1.807, 2.05) is 26.0 Å². The van der Waals surface area contributed by atoms with Crippen LogP contribution in [0.15, 0.2) is 36.5 Å². The number of nitrogens with one attached hydrogen (secondary N) is 1. The van der Waals surface area contributed by atoms with Crippen LogP contribution in [0, 0.1) is 30.4 Å². The summed E-state index contributed by atoms with van der Waals surface area (Å²) in [4.78, 5) is 2.01. The molecule has 2 aromatic heterocycles. The summed E-state index contributed by atoms with van der Waals surface area (Å²) < 4.78 is 28.7. The number of hydrogen-bond donors (Lipinski definition) is 2. The molecule has 2 N–H and O–H groups in total. The van der Waals surface area contributed by atoms with Gasteiger partial charge in [0.15, 0.2) is 5.82 Å². The van der Waals surface area contributed by atoms with E-state index in [1.54, 1.807) is 31.4 Å². The molecule has 1 unspecified atom stereocenters. The Bertz CT molecular complexity index is 1070. The Morgan fingerprint density at radius 1 is 1.28 bits per heavy atom. The van der Waals surface area contributed by atoms with E-state index in [9.17, 15) is 13.9 Å². The summed E-state index contributed by atoms with van der Waals surface area (Å²) >= 11 is 1.57. The number of aliphatic hydroxyl groups is 1. The Morgan fingerprint density at radius 3 is 2.72 bits per heavy atom. The van der Waals surface area contributed by atoms with Gasteiger partial charge in [0.05, 0.1) is 11.1 Å². The van der Waals surface area contributed by atoms with Crippen LogP contribution in [-0.4, -0.2) is 20.5 Å². The highest BCUT2D eigenvalue weighted by Gasteiger charge is 2.16. The standard InChI is InChI=1S/C22H23F2N3OS/c1-14(25-12-18-7-6-17(29-18)9-10-22(3,4)28)19-13-26-27(15(19)2)21-8-5-16(23)11-20(21)24/h5-8,11,13-14,25,28H,12H2,1-4H3. The Balaban J connectivity index is 1.69. The molecule has 0 saturated heterocycles. The molecule has 152 valence electrons. The van der Waals surface area contributed by atoms with Gasteiger partial charge in [-0.1, -0.05) is 11.8 Å². The molecule has 1 aromatic carbocycles. The van der Waals surface area contributed by atoms with E-state index < -0.39 is 17.2 Å². The molecule has 0 fully saturated rings. The molecule has 3 aromatic rings. The third kappa shape index (κ3) is 5.30. The highest BCUT2D eigenvalue weighted by molar-refractivity contribution is 7.12. The van der Waals surface area contributed by atoms with E-state index in [1.165, 1.54) is 16.8 Å². The number of rotatable bonds is 5. The number of aromatic nitrogens is 2. The lowest BCUT2D eigenvalue weighted by Gasteiger charge is -2.13. The van der Waals surface area contributed by atoms with Crippen LogP contribution in [0.3, 0.4) is 0 Å². The van der Waals surface area contributed by atoms with Crippen molar-refractivity contribution in [1.82, 2.24) is 15.1 Å². The summed E-state index contributed by atoms with van der Waals surface area (Å²) in [6.45, 7) is 7.82. The van der Waals surface area contributed by atoms with E-state index in [4.69, 9.17) is 0 Å². The van der Waals surface area contributed by atoms with E-state index >= 15 is 0 Å². The second kappa shape index (κ2) is 8.46. The first-order chi connectivity index (χ1) is 13.6. The molecule has 0 aliphatic heterocycles. The molecule has 0 aliphatic carbocycles. The van der Waals surface area contributed by atoms with Gasteiger partial charge in [-0.2, -0.15) is 5.10 Å². The van der Waals surface area contributed by atoms with E-state index in [2.05, 4.69) is 22.3 Å². The number of hydrogen-bond acceptors (Lipinski definition) is 4. The van der Waals surface area contributed by atoms with Crippen LogP contribution >= 0.6 is 11.3 Å². The van der Waals surface area contributed by atoms with Crippen LogP contribution in [0.4, 0.5) is 8.78 Å². The average molecular weight is 416 g/mol. The normalized spacial score (nSPS) is 12.5.